The molecule has 0 aliphatic rings. The molecule has 0 aliphatic carbocycles. The number of halogens is 2. The average Bonchev–Trinajstić information content (AvgIpc) is 2.66. The summed E-state index contributed by atoms with van der Waals surface area (Å²) in [6, 6.07) is 0. The normalized spacial score (nSPS) is 15.5. The van der Waals surface area contributed by atoms with E-state index in [-0.39, 0.29) is 24.3 Å². The zero-order valence-electron chi connectivity index (χ0n) is 9.93. The monoisotopic (exact) mass is 250 g/mol. The molecule has 0 amide bonds. The molecule has 1 N–H and O–H groups in total. The van der Waals surface area contributed by atoms with Crippen molar-refractivity contribution in [1.29, 1.82) is 0 Å². The first-order valence-corrected chi connectivity index (χ1v) is 5.27. The molecule has 1 aromatic rings. The van der Waals surface area contributed by atoms with E-state index in [4.69, 9.17) is 14.4 Å². The lowest BCUT2D eigenvalue weighted by Gasteiger charge is -2.14. The molecule has 0 radical (unpaired) electrons. The van der Waals surface area contributed by atoms with E-state index in [2.05, 4.69) is 10.1 Å². The number of aliphatic hydroxyl groups excluding tert-OH is 1. The summed E-state index contributed by atoms with van der Waals surface area (Å²) >= 11 is 0. The summed E-state index contributed by atoms with van der Waals surface area (Å²) in [6.07, 6.45) is -5.33. The van der Waals surface area contributed by atoms with Crippen LogP contribution in [0.2, 0.25) is 0 Å². The maximum atomic E-state index is 12.1. The highest BCUT2D eigenvalue weighted by Gasteiger charge is 2.24. The Bertz CT molecular complexity index is 344. The first-order chi connectivity index (χ1) is 7.95. The molecule has 0 saturated carbocycles. The zero-order valence-corrected chi connectivity index (χ0v) is 9.93. The van der Waals surface area contributed by atoms with Crippen molar-refractivity contribution in [3.8, 4) is 0 Å². The average molecular weight is 250 g/mol. The van der Waals surface area contributed by atoms with E-state index in [1.807, 2.05) is 13.8 Å². The Morgan fingerprint density at radius 1 is 1.41 bits per heavy atom. The predicted octanol–water partition coefficient (Wildman–Crippen LogP) is 1.58. The molecule has 2 unspecified atom stereocenters. The van der Waals surface area contributed by atoms with Crippen molar-refractivity contribution in [3.63, 3.8) is 0 Å². The van der Waals surface area contributed by atoms with Gasteiger partial charge in [0.15, 0.2) is 0 Å². The Morgan fingerprint density at radius 3 is 2.53 bits per heavy atom. The second kappa shape index (κ2) is 6.02. The smallest absolute Gasteiger partial charge is 0.264 e. The standard InChI is InChI=1S/C10H16F2N2O3/c1-5(2)8(16-3)10-13-7(17-14-10)4-6(15)9(11)12/h5-6,8-9,15H,4H2,1-3H3. The maximum absolute atomic E-state index is 12.1. The molecule has 0 fully saturated rings. The fourth-order valence-electron chi connectivity index (χ4n) is 1.41. The molecule has 7 heteroatoms. The molecular weight excluding hydrogens is 234 g/mol. The summed E-state index contributed by atoms with van der Waals surface area (Å²) in [6.45, 7) is 3.83. The van der Waals surface area contributed by atoms with Crippen molar-refractivity contribution < 1.29 is 23.1 Å². The molecule has 1 aromatic heterocycles. The molecule has 0 bridgehead atoms. The maximum Gasteiger partial charge on any atom is 0.264 e. The molecule has 17 heavy (non-hydrogen) atoms. The summed E-state index contributed by atoms with van der Waals surface area (Å²) in [7, 11) is 1.51. The number of rotatable bonds is 6. The van der Waals surface area contributed by atoms with Gasteiger partial charge >= 0.3 is 0 Å². The van der Waals surface area contributed by atoms with E-state index >= 15 is 0 Å². The fraction of sp³-hybridized carbons (Fsp3) is 0.800. The van der Waals surface area contributed by atoms with E-state index in [0.29, 0.717) is 5.82 Å². The van der Waals surface area contributed by atoms with E-state index in [1.54, 1.807) is 0 Å². The molecule has 1 rings (SSSR count). The van der Waals surface area contributed by atoms with Gasteiger partial charge in [0, 0.05) is 7.11 Å². The second-order valence-corrected chi connectivity index (χ2v) is 4.05. The number of methoxy groups -OCH3 is 1. The Hall–Kier alpha value is -1.08. The van der Waals surface area contributed by atoms with Crippen LogP contribution in [0, 0.1) is 5.92 Å². The Morgan fingerprint density at radius 2 is 2.06 bits per heavy atom. The third-order valence-electron chi connectivity index (χ3n) is 2.27. The highest BCUT2D eigenvalue weighted by molar-refractivity contribution is 4.94. The minimum absolute atomic E-state index is 0.0181. The minimum Gasteiger partial charge on any atom is -0.387 e. The predicted molar refractivity (Wildman–Crippen MR) is 54.6 cm³/mol. The van der Waals surface area contributed by atoms with Gasteiger partial charge in [-0.3, -0.25) is 0 Å². The third kappa shape index (κ3) is 3.71. The third-order valence-corrected chi connectivity index (χ3v) is 2.27. The summed E-state index contributed by atoms with van der Waals surface area (Å²) in [5, 5.41) is 12.6. The Labute approximate surface area is 97.8 Å². The molecule has 5 nitrogen and oxygen atoms in total. The van der Waals surface area contributed by atoms with Gasteiger partial charge in [-0.15, -0.1) is 0 Å². The summed E-state index contributed by atoms with van der Waals surface area (Å²) in [4.78, 5) is 3.93. The lowest BCUT2D eigenvalue weighted by atomic mass is 10.1. The van der Waals surface area contributed by atoms with Crippen LogP contribution in [-0.4, -0.2) is 34.9 Å². The number of ether oxygens (including phenoxy) is 1. The highest BCUT2D eigenvalue weighted by Crippen LogP contribution is 2.22. The molecule has 0 aromatic carbocycles. The van der Waals surface area contributed by atoms with Gasteiger partial charge in [-0.05, 0) is 5.92 Å². The molecule has 1 heterocycles. The van der Waals surface area contributed by atoms with Gasteiger partial charge < -0.3 is 14.4 Å². The second-order valence-electron chi connectivity index (χ2n) is 4.05. The van der Waals surface area contributed by atoms with Crippen LogP contribution in [0.4, 0.5) is 8.78 Å². The summed E-state index contributed by atoms with van der Waals surface area (Å²) < 4.78 is 34.2. The van der Waals surface area contributed by atoms with Crippen molar-refractivity contribution >= 4 is 0 Å². The van der Waals surface area contributed by atoms with Crippen LogP contribution >= 0.6 is 0 Å². The number of hydrogen-bond donors (Lipinski definition) is 1. The van der Waals surface area contributed by atoms with Crippen LogP contribution < -0.4 is 0 Å². The van der Waals surface area contributed by atoms with Gasteiger partial charge in [-0.2, -0.15) is 4.98 Å². The van der Waals surface area contributed by atoms with E-state index in [1.165, 1.54) is 7.11 Å². The Kier molecular flexibility index (Phi) is 4.95. The largest absolute Gasteiger partial charge is 0.387 e. The van der Waals surface area contributed by atoms with Gasteiger partial charge in [-0.25, -0.2) is 8.78 Å². The van der Waals surface area contributed by atoms with Crippen LogP contribution in [-0.2, 0) is 11.2 Å². The quantitative estimate of drug-likeness (QED) is 0.830. The van der Waals surface area contributed by atoms with E-state index in [9.17, 15) is 8.78 Å². The van der Waals surface area contributed by atoms with Crippen LogP contribution in [0.5, 0.6) is 0 Å². The zero-order chi connectivity index (χ0) is 13.0. The first-order valence-electron chi connectivity index (χ1n) is 5.27. The van der Waals surface area contributed by atoms with Gasteiger partial charge in [-0.1, -0.05) is 19.0 Å². The number of aromatic nitrogens is 2. The molecule has 0 aliphatic heterocycles. The lowest BCUT2D eigenvalue weighted by molar-refractivity contribution is -0.00754. The van der Waals surface area contributed by atoms with Crippen molar-refractivity contribution in [2.24, 2.45) is 5.92 Å². The van der Waals surface area contributed by atoms with E-state index in [0.717, 1.165) is 0 Å². The Balaban J connectivity index is 2.70. The topological polar surface area (TPSA) is 68.4 Å². The molecule has 2 atom stereocenters. The van der Waals surface area contributed by atoms with Crippen molar-refractivity contribution in [1.82, 2.24) is 10.1 Å². The number of nitrogens with zero attached hydrogens (tertiary/aromatic N) is 2. The SMILES string of the molecule is COC(c1noc(CC(O)C(F)F)n1)C(C)C. The van der Waals surface area contributed by atoms with Gasteiger partial charge in [0.25, 0.3) is 6.43 Å². The minimum atomic E-state index is -2.83. The van der Waals surface area contributed by atoms with Crippen molar-refractivity contribution in [2.75, 3.05) is 7.11 Å². The van der Waals surface area contributed by atoms with Crippen LogP contribution in [0.25, 0.3) is 0 Å². The fourth-order valence-corrected chi connectivity index (χ4v) is 1.41. The van der Waals surface area contributed by atoms with Crippen molar-refractivity contribution in [2.45, 2.75) is 38.9 Å². The molecule has 0 saturated heterocycles. The van der Waals surface area contributed by atoms with Crippen LogP contribution in [0.15, 0.2) is 4.52 Å². The molecular formula is C10H16F2N2O3. The summed E-state index contributed by atoms with van der Waals surface area (Å²) in [5.74, 6) is 0.417. The van der Waals surface area contributed by atoms with Crippen molar-refractivity contribution in [3.05, 3.63) is 11.7 Å². The van der Waals surface area contributed by atoms with Crippen LogP contribution in [0.1, 0.15) is 31.7 Å². The number of hydrogen-bond acceptors (Lipinski definition) is 5. The lowest BCUT2D eigenvalue weighted by Crippen LogP contribution is -2.20. The molecule has 0 spiro atoms. The van der Waals surface area contributed by atoms with E-state index < -0.39 is 12.5 Å². The number of aliphatic hydroxyl groups is 1. The molecule has 98 valence electrons. The van der Waals surface area contributed by atoms with Gasteiger partial charge in [0.05, 0.1) is 6.42 Å². The number of alkyl halides is 2. The summed E-state index contributed by atoms with van der Waals surface area (Å²) in [5.41, 5.74) is 0. The van der Waals surface area contributed by atoms with Gasteiger partial charge in [0.1, 0.15) is 12.2 Å². The van der Waals surface area contributed by atoms with Crippen LogP contribution in [0.3, 0.4) is 0 Å². The van der Waals surface area contributed by atoms with Gasteiger partial charge in [0.2, 0.25) is 11.7 Å². The first kappa shape index (κ1) is 14.0. The highest BCUT2D eigenvalue weighted by atomic mass is 19.3.